The summed E-state index contributed by atoms with van der Waals surface area (Å²) < 4.78 is 9.20. The zero-order chi connectivity index (χ0) is 32.3. The van der Waals surface area contributed by atoms with Gasteiger partial charge in [-0.1, -0.05) is 121 Å². The molecule has 0 unspecified atom stereocenters. The van der Waals surface area contributed by atoms with Crippen molar-refractivity contribution in [3.05, 3.63) is 176 Å². The van der Waals surface area contributed by atoms with E-state index >= 15 is 0 Å². The summed E-state index contributed by atoms with van der Waals surface area (Å²) in [4.78, 5) is 2.41. The fourth-order valence-electron chi connectivity index (χ4n) is 7.43. The molecule has 2 nitrogen and oxygen atoms in total. The first-order valence-corrected chi connectivity index (χ1v) is 17.4. The molecule has 0 amide bonds. The van der Waals surface area contributed by atoms with E-state index in [0.29, 0.717) is 0 Å². The van der Waals surface area contributed by atoms with Gasteiger partial charge in [-0.05, 0) is 87.6 Å². The van der Waals surface area contributed by atoms with Crippen molar-refractivity contribution in [2.75, 3.05) is 4.90 Å². The minimum atomic E-state index is 0.882. The zero-order valence-electron chi connectivity index (χ0n) is 26.5. The summed E-state index contributed by atoms with van der Waals surface area (Å²) in [6, 6.07) is 63.1. The standard InChI is InChI=1S/C46H29NOS/c1-3-12-30(13-4-1)31-22-24-33(25-23-31)47(40-19-11-21-44-46(40)37-18-9-10-20-43(37)49-44)34-26-27-41-39(28-34)45-36-17-8-7-16-35(36)38(29-42(45)48-41)32-14-5-2-6-15-32/h1-29H. The molecule has 0 saturated carbocycles. The van der Waals surface area contributed by atoms with Crippen LogP contribution < -0.4 is 4.90 Å². The molecule has 0 aliphatic heterocycles. The van der Waals surface area contributed by atoms with E-state index in [1.807, 2.05) is 11.3 Å². The predicted molar refractivity (Wildman–Crippen MR) is 210 cm³/mol. The van der Waals surface area contributed by atoms with E-state index in [2.05, 4.69) is 181 Å². The summed E-state index contributed by atoms with van der Waals surface area (Å²) in [5, 5.41) is 7.21. The fourth-order valence-corrected chi connectivity index (χ4v) is 8.55. The second kappa shape index (κ2) is 11.2. The molecule has 0 atom stereocenters. The number of anilines is 3. The second-order valence-electron chi connectivity index (χ2n) is 12.5. The summed E-state index contributed by atoms with van der Waals surface area (Å²) in [6.07, 6.45) is 0. The number of benzene rings is 8. The Bertz CT molecular complexity index is 2810. The van der Waals surface area contributed by atoms with E-state index in [9.17, 15) is 0 Å². The van der Waals surface area contributed by atoms with Crippen molar-refractivity contribution < 1.29 is 4.42 Å². The average Bonchev–Trinajstić information content (AvgIpc) is 3.74. The van der Waals surface area contributed by atoms with Crippen LogP contribution in [0.15, 0.2) is 180 Å². The van der Waals surface area contributed by atoms with Crippen LogP contribution in [0.5, 0.6) is 0 Å². The lowest BCUT2D eigenvalue weighted by molar-refractivity contribution is 0.669. The van der Waals surface area contributed by atoms with Gasteiger partial charge in [-0.25, -0.2) is 0 Å². The van der Waals surface area contributed by atoms with Crippen molar-refractivity contribution >= 4 is 81.3 Å². The number of rotatable bonds is 5. The molecule has 2 heterocycles. The molecule has 230 valence electrons. The summed E-state index contributed by atoms with van der Waals surface area (Å²) in [5.41, 5.74) is 9.89. The molecule has 8 aromatic carbocycles. The van der Waals surface area contributed by atoms with E-state index < -0.39 is 0 Å². The quantitative estimate of drug-likeness (QED) is 0.186. The Morgan fingerprint density at radius 1 is 0.388 bits per heavy atom. The van der Waals surface area contributed by atoms with Crippen LogP contribution >= 0.6 is 11.3 Å². The van der Waals surface area contributed by atoms with Crippen molar-refractivity contribution in [3.63, 3.8) is 0 Å². The Kier molecular flexibility index (Phi) is 6.39. The Morgan fingerprint density at radius 3 is 1.82 bits per heavy atom. The first kappa shape index (κ1) is 27.9. The third-order valence-corrected chi connectivity index (χ3v) is 10.8. The third-order valence-electron chi connectivity index (χ3n) is 9.66. The minimum Gasteiger partial charge on any atom is -0.456 e. The van der Waals surface area contributed by atoms with Gasteiger partial charge in [0.25, 0.3) is 0 Å². The second-order valence-corrected chi connectivity index (χ2v) is 13.6. The van der Waals surface area contributed by atoms with Crippen LogP contribution in [0.2, 0.25) is 0 Å². The van der Waals surface area contributed by atoms with Crippen LogP contribution in [0, 0.1) is 0 Å². The highest BCUT2D eigenvalue weighted by Gasteiger charge is 2.21. The number of hydrogen-bond donors (Lipinski definition) is 0. The van der Waals surface area contributed by atoms with Crippen LogP contribution in [0.3, 0.4) is 0 Å². The molecular weight excluding hydrogens is 615 g/mol. The van der Waals surface area contributed by atoms with Crippen LogP contribution in [0.4, 0.5) is 17.1 Å². The van der Waals surface area contributed by atoms with E-state index in [4.69, 9.17) is 4.42 Å². The van der Waals surface area contributed by atoms with Gasteiger partial charge in [-0.3, -0.25) is 0 Å². The molecule has 3 heteroatoms. The maximum Gasteiger partial charge on any atom is 0.136 e. The van der Waals surface area contributed by atoms with Gasteiger partial charge in [0.15, 0.2) is 0 Å². The molecule has 10 rings (SSSR count). The largest absolute Gasteiger partial charge is 0.456 e. The zero-order valence-corrected chi connectivity index (χ0v) is 27.3. The number of nitrogens with zero attached hydrogens (tertiary/aromatic N) is 1. The number of furan rings is 1. The van der Waals surface area contributed by atoms with Crippen molar-refractivity contribution in [1.82, 2.24) is 0 Å². The lowest BCUT2D eigenvalue weighted by Gasteiger charge is -2.27. The van der Waals surface area contributed by atoms with Crippen LogP contribution in [0.1, 0.15) is 0 Å². The van der Waals surface area contributed by atoms with Crippen LogP contribution in [0.25, 0.3) is 75.1 Å². The van der Waals surface area contributed by atoms with E-state index in [1.54, 1.807) is 0 Å². The monoisotopic (exact) mass is 643 g/mol. The molecule has 0 saturated heterocycles. The van der Waals surface area contributed by atoms with Crippen molar-refractivity contribution in [1.29, 1.82) is 0 Å². The van der Waals surface area contributed by atoms with Gasteiger partial charge >= 0.3 is 0 Å². The molecule has 0 fully saturated rings. The molecule has 0 aliphatic carbocycles. The highest BCUT2D eigenvalue weighted by molar-refractivity contribution is 7.26. The van der Waals surface area contributed by atoms with Crippen molar-refractivity contribution in [3.8, 4) is 22.3 Å². The SMILES string of the molecule is c1ccc(-c2ccc(N(c3ccc4oc5cc(-c6ccccc6)c6ccccc6c5c4c3)c3cccc4sc5ccccc5c34)cc2)cc1. The van der Waals surface area contributed by atoms with E-state index in [0.717, 1.165) is 39.0 Å². The van der Waals surface area contributed by atoms with E-state index in [-0.39, 0.29) is 0 Å². The highest BCUT2D eigenvalue weighted by Crippen LogP contribution is 2.47. The lowest BCUT2D eigenvalue weighted by atomic mass is 9.95. The van der Waals surface area contributed by atoms with Crippen molar-refractivity contribution in [2.24, 2.45) is 0 Å². The summed E-state index contributed by atoms with van der Waals surface area (Å²) in [6.45, 7) is 0. The normalized spacial score (nSPS) is 11.7. The molecule has 2 aromatic heterocycles. The van der Waals surface area contributed by atoms with Crippen LogP contribution in [-0.2, 0) is 0 Å². The number of fused-ring (bicyclic) bond motifs is 8. The first-order chi connectivity index (χ1) is 24.3. The van der Waals surface area contributed by atoms with Crippen molar-refractivity contribution in [2.45, 2.75) is 0 Å². The molecule has 10 aromatic rings. The third kappa shape index (κ3) is 4.55. The summed E-state index contributed by atoms with van der Waals surface area (Å²) >= 11 is 1.85. The average molecular weight is 644 g/mol. The maximum absolute atomic E-state index is 6.63. The van der Waals surface area contributed by atoms with Gasteiger partial charge in [-0.15, -0.1) is 11.3 Å². The van der Waals surface area contributed by atoms with Gasteiger partial charge in [0.05, 0.1) is 5.69 Å². The van der Waals surface area contributed by atoms with Gasteiger partial charge in [0.2, 0.25) is 0 Å². The van der Waals surface area contributed by atoms with Gasteiger partial charge in [0, 0.05) is 42.3 Å². The smallest absolute Gasteiger partial charge is 0.136 e. The van der Waals surface area contributed by atoms with Gasteiger partial charge in [-0.2, -0.15) is 0 Å². The summed E-state index contributed by atoms with van der Waals surface area (Å²) in [5.74, 6) is 0. The molecule has 0 aliphatic rings. The topological polar surface area (TPSA) is 16.4 Å². The predicted octanol–water partition coefficient (Wildman–Crippen LogP) is 13.9. The Hall–Kier alpha value is -6.16. The Labute approximate surface area is 287 Å². The first-order valence-electron chi connectivity index (χ1n) is 16.6. The van der Waals surface area contributed by atoms with E-state index in [1.165, 1.54) is 53.2 Å². The molecule has 49 heavy (non-hydrogen) atoms. The Morgan fingerprint density at radius 2 is 1.02 bits per heavy atom. The van der Waals surface area contributed by atoms with Crippen LogP contribution in [-0.4, -0.2) is 0 Å². The molecular formula is C46H29NOS. The molecule has 0 spiro atoms. The highest BCUT2D eigenvalue weighted by atomic mass is 32.1. The minimum absolute atomic E-state index is 0.882. The Balaban J connectivity index is 1.23. The lowest BCUT2D eigenvalue weighted by Crippen LogP contribution is -2.10. The fraction of sp³-hybridized carbons (Fsp3) is 0. The van der Waals surface area contributed by atoms with Gasteiger partial charge in [0.1, 0.15) is 11.2 Å². The number of hydrogen-bond acceptors (Lipinski definition) is 3. The molecule has 0 radical (unpaired) electrons. The summed E-state index contributed by atoms with van der Waals surface area (Å²) in [7, 11) is 0. The van der Waals surface area contributed by atoms with Gasteiger partial charge < -0.3 is 9.32 Å². The molecule has 0 N–H and O–H groups in total. The molecule has 0 bridgehead atoms. The maximum atomic E-state index is 6.63. The number of thiophene rings is 1.